The van der Waals surface area contributed by atoms with Gasteiger partial charge in [0, 0.05) is 33.8 Å². The minimum Gasteiger partial charge on any atom is -0.507 e. The van der Waals surface area contributed by atoms with Gasteiger partial charge in [0.25, 0.3) is 0 Å². The van der Waals surface area contributed by atoms with Crippen molar-refractivity contribution in [1.82, 2.24) is 9.80 Å². The first-order valence-corrected chi connectivity index (χ1v) is 7.54. The highest BCUT2D eigenvalue weighted by atomic mass is 16.3. The van der Waals surface area contributed by atoms with E-state index in [1.807, 2.05) is 6.07 Å². The van der Waals surface area contributed by atoms with Crippen LogP contribution in [-0.4, -0.2) is 54.9 Å². The van der Waals surface area contributed by atoms with Gasteiger partial charge in [0.05, 0.1) is 0 Å². The summed E-state index contributed by atoms with van der Waals surface area (Å²) in [7, 11) is 6.43. The number of carbonyl (C=O) groups is 2. The van der Waals surface area contributed by atoms with Crippen LogP contribution in [0, 0.1) is 0 Å². The summed E-state index contributed by atoms with van der Waals surface area (Å²) in [6, 6.07) is 5.28. The maximum Gasteiger partial charge on any atom is 0.239 e. The first kappa shape index (κ1) is 18.0. The van der Waals surface area contributed by atoms with Crippen LogP contribution in [-0.2, 0) is 16.0 Å². The second kappa shape index (κ2) is 7.82. The molecule has 5 heteroatoms. The van der Waals surface area contributed by atoms with Gasteiger partial charge in [-0.1, -0.05) is 31.5 Å². The van der Waals surface area contributed by atoms with Crippen LogP contribution in [0.2, 0.25) is 0 Å². The summed E-state index contributed by atoms with van der Waals surface area (Å²) in [6.45, 7) is 2.08. The van der Waals surface area contributed by atoms with Crippen molar-refractivity contribution >= 4 is 11.8 Å². The van der Waals surface area contributed by atoms with Gasteiger partial charge >= 0.3 is 0 Å². The number of rotatable bonds is 6. The van der Waals surface area contributed by atoms with Crippen molar-refractivity contribution in [2.45, 2.75) is 32.1 Å². The van der Waals surface area contributed by atoms with E-state index in [1.54, 1.807) is 40.3 Å². The monoisotopic (exact) mass is 306 g/mol. The fourth-order valence-corrected chi connectivity index (χ4v) is 2.30. The van der Waals surface area contributed by atoms with E-state index in [0.29, 0.717) is 5.56 Å². The predicted molar refractivity (Wildman–Crippen MR) is 86.8 cm³/mol. The van der Waals surface area contributed by atoms with Crippen molar-refractivity contribution in [3.05, 3.63) is 29.3 Å². The zero-order valence-corrected chi connectivity index (χ0v) is 14.1. The molecule has 0 saturated heterocycles. The summed E-state index contributed by atoms with van der Waals surface area (Å²) in [5.74, 6) is -1.61. The predicted octanol–water partition coefficient (Wildman–Crippen LogP) is 1.99. The fourth-order valence-electron chi connectivity index (χ4n) is 2.30. The van der Waals surface area contributed by atoms with E-state index < -0.39 is 5.92 Å². The summed E-state index contributed by atoms with van der Waals surface area (Å²) in [4.78, 5) is 27.6. The van der Waals surface area contributed by atoms with E-state index in [1.165, 1.54) is 9.80 Å². The van der Waals surface area contributed by atoms with Crippen LogP contribution in [0.15, 0.2) is 18.2 Å². The Kier molecular flexibility index (Phi) is 6.40. The van der Waals surface area contributed by atoms with Crippen molar-refractivity contribution in [3.63, 3.8) is 0 Å². The SMILES string of the molecule is CCCCc1cccc(C(C(=O)N(C)C)C(=O)N(C)C)c1O. The van der Waals surface area contributed by atoms with E-state index >= 15 is 0 Å². The minimum atomic E-state index is -1.01. The number of aromatic hydroxyl groups is 1. The highest BCUT2D eigenvalue weighted by Gasteiger charge is 2.33. The summed E-state index contributed by atoms with van der Waals surface area (Å²) >= 11 is 0. The molecule has 0 saturated carbocycles. The molecule has 1 aromatic carbocycles. The lowest BCUT2D eigenvalue weighted by molar-refractivity contribution is -0.140. The number of carbonyl (C=O) groups excluding carboxylic acids is 2. The molecule has 122 valence electrons. The summed E-state index contributed by atoms with van der Waals surface area (Å²) in [5.41, 5.74) is 1.16. The Labute approximate surface area is 132 Å². The molecule has 0 heterocycles. The number of phenolic OH excluding ortho intramolecular Hbond substituents is 1. The Morgan fingerprint density at radius 3 is 2.09 bits per heavy atom. The second-order valence-corrected chi connectivity index (χ2v) is 5.86. The van der Waals surface area contributed by atoms with E-state index in [2.05, 4.69) is 6.92 Å². The maximum atomic E-state index is 12.4. The number of amides is 2. The number of para-hydroxylation sites is 1. The Bertz CT molecular complexity index is 519. The number of aryl methyl sites for hydroxylation is 1. The van der Waals surface area contributed by atoms with Crippen LogP contribution in [0.4, 0.5) is 0 Å². The number of likely N-dealkylation sites (N-methyl/N-ethyl adjacent to an activating group) is 2. The molecule has 2 amide bonds. The van der Waals surface area contributed by atoms with Crippen molar-refractivity contribution in [2.24, 2.45) is 0 Å². The number of unbranched alkanes of at least 4 members (excludes halogenated alkanes) is 1. The number of hydrogen-bond donors (Lipinski definition) is 1. The highest BCUT2D eigenvalue weighted by Crippen LogP contribution is 2.32. The van der Waals surface area contributed by atoms with E-state index in [-0.39, 0.29) is 17.6 Å². The van der Waals surface area contributed by atoms with Gasteiger partial charge in [-0.05, 0) is 18.4 Å². The molecule has 1 N–H and O–H groups in total. The molecular weight excluding hydrogens is 280 g/mol. The molecule has 0 atom stereocenters. The standard InChI is InChI=1S/C17H26N2O3/c1-6-7-9-12-10-8-11-13(15(12)20)14(16(21)18(2)3)17(22)19(4)5/h8,10-11,14,20H,6-7,9H2,1-5H3. The molecule has 0 fully saturated rings. The largest absolute Gasteiger partial charge is 0.507 e. The zero-order chi connectivity index (χ0) is 16.9. The van der Waals surface area contributed by atoms with Gasteiger partial charge < -0.3 is 14.9 Å². The van der Waals surface area contributed by atoms with Gasteiger partial charge in [-0.3, -0.25) is 9.59 Å². The zero-order valence-electron chi connectivity index (χ0n) is 14.1. The van der Waals surface area contributed by atoms with Crippen LogP contribution >= 0.6 is 0 Å². The summed E-state index contributed by atoms with van der Waals surface area (Å²) in [5, 5.41) is 10.5. The minimum absolute atomic E-state index is 0.0614. The molecule has 0 aliphatic rings. The Morgan fingerprint density at radius 1 is 1.09 bits per heavy atom. The molecule has 1 aromatic rings. The van der Waals surface area contributed by atoms with E-state index in [4.69, 9.17) is 0 Å². The molecule has 0 aliphatic heterocycles. The van der Waals surface area contributed by atoms with E-state index in [0.717, 1.165) is 24.8 Å². The summed E-state index contributed by atoms with van der Waals surface area (Å²) < 4.78 is 0. The Morgan fingerprint density at radius 2 is 1.64 bits per heavy atom. The molecule has 0 aromatic heterocycles. The van der Waals surface area contributed by atoms with Crippen LogP contribution in [0.1, 0.15) is 36.8 Å². The lowest BCUT2D eigenvalue weighted by Crippen LogP contribution is -2.38. The summed E-state index contributed by atoms with van der Waals surface area (Å²) in [6.07, 6.45) is 2.69. The third-order valence-corrected chi connectivity index (χ3v) is 3.64. The average Bonchev–Trinajstić information content (AvgIpc) is 2.47. The van der Waals surface area contributed by atoms with Crippen molar-refractivity contribution in [1.29, 1.82) is 0 Å². The van der Waals surface area contributed by atoms with Crippen molar-refractivity contribution < 1.29 is 14.7 Å². The van der Waals surface area contributed by atoms with Crippen LogP contribution in [0.5, 0.6) is 5.75 Å². The molecule has 0 unspecified atom stereocenters. The highest BCUT2D eigenvalue weighted by molar-refractivity contribution is 6.05. The van der Waals surface area contributed by atoms with Crippen molar-refractivity contribution in [3.8, 4) is 5.75 Å². The third-order valence-electron chi connectivity index (χ3n) is 3.64. The lowest BCUT2D eigenvalue weighted by Gasteiger charge is -2.24. The first-order valence-electron chi connectivity index (χ1n) is 7.54. The Balaban J connectivity index is 3.31. The molecule has 0 bridgehead atoms. The van der Waals surface area contributed by atoms with Crippen LogP contribution in [0.3, 0.4) is 0 Å². The first-order chi connectivity index (χ1) is 10.3. The van der Waals surface area contributed by atoms with Gasteiger partial charge in [0.15, 0.2) is 0 Å². The molecule has 5 nitrogen and oxygen atoms in total. The maximum absolute atomic E-state index is 12.4. The topological polar surface area (TPSA) is 60.9 Å². The molecule has 22 heavy (non-hydrogen) atoms. The molecule has 0 spiro atoms. The third kappa shape index (κ3) is 4.00. The second-order valence-electron chi connectivity index (χ2n) is 5.86. The van der Waals surface area contributed by atoms with Gasteiger partial charge in [0.2, 0.25) is 11.8 Å². The smallest absolute Gasteiger partial charge is 0.239 e. The molecule has 0 radical (unpaired) electrons. The number of nitrogens with zero attached hydrogens (tertiary/aromatic N) is 2. The Hall–Kier alpha value is -2.04. The quantitative estimate of drug-likeness (QED) is 0.818. The van der Waals surface area contributed by atoms with E-state index in [9.17, 15) is 14.7 Å². The van der Waals surface area contributed by atoms with Crippen molar-refractivity contribution in [2.75, 3.05) is 28.2 Å². The average molecular weight is 306 g/mol. The number of phenols is 1. The van der Waals surface area contributed by atoms with Gasteiger partial charge in [-0.2, -0.15) is 0 Å². The van der Waals surface area contributed by atoms with Crippen LogP contribution < -0.4 is 0 Å². The molecular formula is C17H26N2O3. The lowest BCUT2D eigenvalue weighted by atomic mass is 9.92. The number of hydrogen-bond acceptors (Lipinski definition) is 3. The van der Waals surface area contributed by atoms with Gasteiger partial charge in [-0.25, -0.2) is 0 Å². The molecule has 1 rings (SSSR count). The fraction of sp³-hybridized carbons (Fsp3) is 0.529. The number of benzene rings is 1. The van der Waals surface area contributed by atoms with Gasteiger partial charge in [0.1, 0.15) is 11.7 Å². The van der Waals surface area contributed by atoms with Gasteiger partial charge in [-0.15, -0.1) is 0 Å². The normalized spacial score (nSPS) is 10.6. The molecule has 0 aliphatic carbocycles. The van der Waals surface area contributed by atoms with Crippen LogP contribution in [0.25, 0.3) is 0 Å².